The van der Waals surface area contributed by atoms with Crippen molar-refractivity contribution < 1.29 is 8.42 Å². The lowest BCUT2D eigenvalue weighted by atomic mass is 9.97. The van der Waals surface area contributed by atoms with Gasteiger partial charge in [-0.15, -0.1) is 0 Å². The predicted molar refractivity (Wildman–Crippen MR) is 127 cm³/mol. The number of nitrogens with one attached hydrogen (secondary N) is 1. The lowest BCUT2D eigenvalue weighted by Gasteiger charge is -2.30. The maximum atomic E-state index is 13.2. The summed E-state index contributed by atoms with van der Waals surface area (Å²) in [5.74, 6) is 0.312. The molecule has 0 radical (unpaired) electrons. The molecule has 6 nitrogen and oxygen atoms in total. The molecule has 0 spiro atoms. The molecule has 1 aliphatic rings. The molecular weight excluding hydrogens is 420 g/mol. The Morgan fingerprint density at radius 3 is 2.66 bits per heavy atom. The first-order chi connectivity index (χ1) is 15.3. The van der Waals surface area contributed by atoms with E-state index in [4.69, 9.17) is 0 Å². The van der Waals surface area contributed by atoms with Crippen LogP contribution in [0.4, 0.5) is 0 Å². The van der Waals surface area contributed by atoms with Crippen LogP contribution in [0.15, 0.2) is 73.2 Å². The van der Waals surface area contributed by atoms with Crippen molar-refractivity contribution in [1.82, 2.24) is 19.1 Å². The van der Waals surface area contributed by atoms with Gasteiger partial charge in [0, 0.05) is 47.5 Å². The van der Waals surface area contributed by atoms with Crippen molar-refractivity contribution in [3.05, 3.63) is 78.8 Å². The molecule has 32 heavy (non-hydrogen) atoms. The van der Waals surface area contributed by atoms with Crippen LogP contribution in [0.2, 0.25) is 0 Å². The molecular formula is C25H28N4O2S. The first kappa shape index (κ1) is 21.0. The molecule has 1 saturated heterocycles. The smallest absolute Gasteiger partial charge is 0.218 e. The second kappa shape index (κ2) is 7.90. The molecule has 1 unspecified atom stereocenters. The Labute approximate surface area is 188 Å². The number of nitrogens with zero attached hydrogens (tertiary/aromatic N) is 3. The highest BCUT2D eigenvalue weighted by molar-refractivity contribution is 7.88. The number of benzene rings is 2. The fourth-order valence-corrected chi connectivity index (χ4v) is 7.09. The van der Waals surface area contributed by atoms with Crippen molar-refractivity contribution in [2.24, 2.45) is 5.92 Å². The quantitative estimate of drug-likeness (QED) is 0.466. The third kappa shape index (κ3) is 3.98. The molecule has 0 bridgehead atoms. The third-order valence-electron chi connectivity index (χ3n) is 6.47. The summed E-state index contributed by atoms with van der Waals surface area (Å²) >= 11 is 0. The van der Waals surface area contributed by atoms with Crippen LogP contribution in [0.1, 0.15) is 25.8 Å². The molecule has 5 rings (SSSR count). The highest BCUT2D eigenvalue weighted by atomic mass is 32.2. The van der Waals surface area contributed by atoms with Gasteiger partial charge in [0.05, 0.1) is 11.9 Å². The Morgan fingerprint density at radius 2 is 1.91 bits per heavy atom. The predicted octanol–water partition coefficient (Wildman–Crippen LogP) is 4.66. The highest BCUT2D eigenvalue weighted by Crippen LogP contribution is 2.37. The van der Waals surface area contributed by atoms with Gasteiger partial charge in [0.15, 0.2) is 0 Å². The average molecular weight is 449 g/mol. The fourth-order valence-electron chi connectivity index (χ4n) is 5.06. The van der Waals surface area contributed by atoms with Gasteiger partial charge in [-0.05, 0) is 55.5 Å². The van der Waals surface area contributed by atoms with Crippen molar-refractivity contribution in [2.75, 3.05) is 6.54 Å². The zero-order valence-electron chi connectivity index (χ0n) is 18.4. The van der Waals surface area contributed by atoms with Gasteiger partial charge in [-0.25, -0.2) is 8.42 Å². The van der Waals surface area contributed by atoms with E-state index < -0.39 is 15.6 Å². The third-order valence-corrected chi connectivity index (χ3v) is 8.49. The van der Waals surface area contributed by atoms with Crippen molar-refractivity contribution in [1.29, 1.82) is 0 Å². The summed E-state index contributed by atoms with van der Waals surface area (Å²) in [4.78, 5) is 0. The normalized spacial score (nSPS) is 19.0. The Bertz CT molecular complexity index is 1330. The van der Waals surface area contributed by atoms with E-state index in [9.17, 15) is 8.42 Å². The van der Waals surface area contributed by atoms with Crippen LogP contribution >= 0.6 is 0 Å². The molecule has 166 valence electrons. The van der Waals surface area contributed by atoms with E-state index in [1.807, 2.05) is 56.6 Å². The minimum Gasteiger partial charge on any atom is -0.347 e. The number of H-pyrrole nitrogens is 1. The fraction of sp³-hybridized carbons (Fsp3) is 0.320. The Kier molecular flexibility index (Phi) is 5.18. The lowest BCUT2D eigenvalue weighted by Crippen LogP contribution is -2.43. The van der Waals surface area contributed by atoms with Gasteiger partial charge in [0.1, 0.15) is 0 Å². The van der Waals surface area contributed by atoms with Crippen LogP contribution in [0, 0.1) is 5.92 Å². The maximum Gasteiger partial charge on any atom is 0.218 e. The second-order valence-corrected chi connectivity index (χ2v) is 11.3. The molecule has 0 amide bonds. The zero-order valence-corrected chi connectivity index (χ0v) is 19.2. The molecule has 1 N–H and O–H groups in total. The summed E-state index contributed by atoms with van der Waals surface area (Å²) in [5.41, 5.74) is 3.80. The molecule has 2 aromatic heterocycles. The van der Waals surface area contributed by atoms with Crippen LogP contribution < -0.4 is 0 Å². The number of hydrogen-bond donors (Lipinski definition) is 1. The van der Waals surface area contributed by atoms with Crippen LogP contribution in [0.5, 0.6) is 0 Å². The molecule has 2 aromatic carbocycles. The van der Waals surface area contributed by atoms with Crippen molar-refractivity contribution >= 4 is 20.9 Å². The second-order valence-electron chi connectivity index (χ2n) is 9.38. The first-order valence-corrected chi connectivity index (χ1v) is 12.6. The van der Waals surface area contributed by atoms with E-state index in [-0.39, 0.29) is 11.7 Å². The summed E-state index contributed by atoms with van der Waals surface area (Å²) < 4.78 is 30.5. The molecule has 1 atom stereocenters. The molecule has 0 saturated carbocycles. The molecule has 0 aliphatic carbocycles. The molecule has 3 heterocycles. The Hall–Kier alpha value is -2.90. The Morgan fingerprint density at radius 1 is 1.09 bits per heavy atom. The van der Waals surface area contributed by atoms with Crippen LogP contribution in [0.3, 0.4) is 0 Å². The van der Waals surface area contributed by atoms with Gasteiger partial charge < -0.3 is 4.57 Å². The number of aromatic nitrogens is 3. The van der Waals surface area contributed by atoms with Crippen molar-refractivity contribution in [3.63, 3.8) is 0 Å². The monoisotopic (exact) mass is 448 g/mol. The van der Waals surface area contributed by atoms with Gasteiger partial charge >= 0.3 is 0 Å². The van der Waals surface area contributed by atoms with Gasteiger partial charge in [0.25, 0.3) is 0 Å². The van der Waals surface area contributed by atoms with Crippen LogP contribution in [0.25, 0.3) is 22.0 Å². The van der Waals surface area contributed by atoms with Gasteiger partial charge in [-0.1, -0.05) is 36.4 Å². The number of hydrogen-bond acceptors (Lipinski definition) is 3. The largest absolute Gasteiger partial charge is 0.347 e. The molecule has 1 aliphatic heterocycles. The lowest BCUT2D eigenvalue weighted by molar-refractivity contribution is 0.291. The zero-order chi connectivity index (χ0) is 22.3. The topological polar surface area (TPSA) is 71.0 Å². The molecule has 7 heteroatoms. The number of aromatic amines is 1. The van der Waals surface area contributed by atoms with Gasteiger partial charge in [0.2, 0.25) is 10.0 Å². The summed E-state index contributed by atoms with van der Waals surface area (Å²) in [6.07, 6.45) is 6.66. The van der Waals surface area contributed by atoms with Crippen molar-refractivity contribution in [3.8, 4) is 11.1 Å². The summed E-state index contributed by atoms with van der Waals surface area (Å²) in [6, 6.07) is 18.0. The summed E-state index contributed by atoms with van der Waals surface area (Å²) in [6.45, 7) is 5.44. The molecule has 4 aromatic rings. The van der Waals surface area contributed by atoms with E-state index in [1.165, 1.54) is 10.9 Å². The average Bonchev–Trinajstić information content (AvgIpc) is 3.48. The summed E-state index contributed by atoms with van der Waals surface area (Å²) in [7, 11) is -3.39. The van der Waals surface area contributed by atoms with E-state index in [0.29, 0.717) is 6.54 Å². The van der Waals surface area contributed by atoms with Gasteiger partial charge in [-0.2, -0.15) is 9.40 Å². The van der Waals surface area contributed by atoms with E-state index in [2.05, 4.69) is 45.2 Å². The van der Waals surface area contributed by atoms with E-state index in [1.54, 1.807) is 4.31 Å². The standard InChI is InChI=1S/C25H28N4O2S/c1-25(2)13-20(17-29(25)32(30,31)18-19-6-4-3-5-7-19)16-28-11-10-22-12-21(8-9-24(22)28)23-14-26-27-15-23/h3-12,14-15,20H,13,16-18H2,1-2H3,(H,26,27). The van der Waals surface area contributed by atoms with Crippen LogP contribution in [-0.4, -0.2) is 39.6 Å². The minimum absolute atomic E-state index is 0.0488. The van der Waals surface area contributed by atoms with Crippen molar-refractivity contribution in [2.45, 2.75) is 38.1 Å². The van der Waals surface area contributed by atoms with E-state index >= 15 is 0 Å². The SMILES string of the molecule is CC1(C)CC(Cn2ccc3cc(-c4cn[nH]c4)ccc32)CN1S(=O)(=O)Cc1ccccc1. The number of fused-ring (bicyclic) bond motifs is 1. The minimum atomic E-state index is -3.39. The molecule has 1 fully saturated rings. The van der Waals surface area contributed by atoms with Crippen LogP contribution in [-0.2, 0) is 22.3 Å². The summed E-state index contributed by atoms with van der Waals surface area (Å²) in [5, 5.41) is 8.07. The Balaban J connectivity index is 1.35. The maximum absolute atomic E-state index is 13.2. The first-order valence-electron chi connectivity index (χ1n) is 10.9. The van der Waals surface area contributed by atoms with E-state index in [0.717, 1.165) is 29.7 Å². The van der Waals surface area contributed by atoms with Gasteiger partial charge in [-0.3, -0.25) is 5.10 Å². The number of rotatable bonds is 6. The number of sulfonamides is 1. The highest BCUT2D eigenvalue weighted by Gasteiger charge is 2.44.